The standard InChI is InChI=1S/C19H20FN5O4S/c1-13-19(14(2)29-22-13)30(27,28)24-11-9-23(10-12-24)17-7-8-18(26)25(21-17)16-5-3-15(20)4-6-16/h3-8H,9-12H2,1-2H3. The van der Waals surface area contributed by atoms with Gasteiger partial charge in [-0.05, 0) is 44.2 Å². The lowest BCUT2D eigenvalue weighted by atomic mass is 10.3. The summed E-state index contributed by atoms with van der Waals surface area (Å²) in [4.78, 5) is 14.2. The third-order valence-corrected chi connectivity index (χ3v) is 7.13. The zero-order valence-electron chi connectivity index (χ0n) is 16.4. The first-order valence-corrected chi connectivity index (χ1v) is 10.8. The summed E-state index contributed by atoms with van der Waals surface area (Å²) in [5.74, 6) is 0.398. The molecular formula is C19H20FN5O4S. The lowest BCUT2D eigenvalue weighted by molar-refractivity contribution is 0.377. The Morgan fingerprint density at radius 2 is 1.67 bits per heavy atom. The van der Waals surface area contributed by atoms with Gasteiger partial charge in [-0.2, -0.15) is 8.99 Å². The van der Waals surface area contributed by atoms with Gasteiger partial charge in [-0.15, -0.1) is 5.10 Å². The average Bonchev–Trinajstić information content (AvgIpc) is 3.08. The molecule has 1 aliphatic heterocycles. The van der Waals surface area contributed by atoms with Crippen molar-refractivity contribution >= 4 is 15.8 Å². The molecular weight excluding hydrogens is 413 g/mol. The molecule has 1 aliphatic rings. The van der Waals surface area contributed by atoms with E-state index in [1.54, 1.807) is 19.9 Å². The van der Waals surface area contributed by atoms with E-state index in [1.165, 1.54) is 39.3 Å². The average molecular weight is 433 g/mol. The predicted octanol–water partition coefficient (Wildman–Crippen LogP) is 1.49. The first-order chi connectivity index (χ1) is 14.3. The summed E-state index contributed by atoms with van der Waals surface area (Å²) < 4.78 is 46.7. The molecule has 0 N–H and O–H groups in total. The van der Waals surface area contributed by atoms with Crippen molar-refractivity contribution in [3.05, 3.63) is 64.0 Å². The normalized spacial score (nSPS) is 15.5. The van der Waals surface area contributed by atoms with E-state index < -0.39 is 15.8 Å². The Morgan fingerprint density at radius 1 is 1.00 bits per heavy atom. The van der Waals surface area contributed by atoms with Crippen LogP contribution in [0.2, 0.25) is 0 Å². The summed E-state index contributed by atoms with van der Waals surface area (Å²) in [5.41, 5.74) is 0.441. The molecule has 2 aromatic heterocycles. The number of aryl methyl sites for hydroxylation is 2. The molecule has 0 aliphatic carbocycles. The molecule has 3 aromatic rings. The van der Waals surface area contributed by atoms with E-state index in [0.717, 1.165) is 0 Å². The Labute approximate surface area is 172 Å². The summed E-state index contributed by atoms with van der Waals surface area (Å²) in [5, 5.41) is 8.11. The van der Waals surface area contributed by atoms with Gasteiger partial charge in [0.2, 0.25) is 10.0 Å². The number of hydrogen-bond donors (Lipinski definition) is 0. The SMILES string of the molecule is Cc1noc(C)c1S(=O)(=O)N1CCN(c2ccc(=O)n(-c3ccc(F)cc3)n2)CC1. The van der Waals surface area contributed by atoms with E-state index in [0.29, 0.717) is 30.3 Å². The number of halogens is 1. The van der Waals surface area contributed by atoms with Gasteiger partial charge in [0, 0.05) is 32.2 Å². The minimum absolute atomic E-state index is 0.110. The lowest BCUT2D eigenvalue weighted by Crippen LogP contribution is -2.49. The molecule has 0 amide bonds. The molecule has 1 aromatic carbocycles. The maximum atomic E-state index is 13.2. The van der Waals surface area contributed by atoms with Crippen molar-refractivity contribution in [1.29, 1.82) is 0 Å². The Hall–Kier alpha value is -3.05. The van der Waals surface area contributed by atoms with E-state index in [2.05, 4.69) is 10.3 Å². The van der Waals surface area contributed by atoms with E-state index in [1.807, 2.05) is 4.90 Å². The Morgan fingerprint density at radius 3 is 2.27 bits per heavy atom. The smallest absolute Gasteiger partial charge is 0.271 e. The molecule has 1 saturated heterocycles. The number of aromatic nitrogens is 3. The van der Waals surface area contributed by atoms with E-state index in [4.69, 9.17) is 4.52 Å². The van der Waals surface area contributed by atoms with Crippen LogP contribution in [0.5, 0.6) is 0 Å². The Balaban J connectivity index is 1.54. The van der Waals surface area contributed by atoms with Gasteiger partial charge in [-0.25, -0.2) is 12.8 Å². The number of rotatable bonds is 4. The van der Waals surface area contributed by atoms with Gasteiger partial charge >= 0.3 is 0 Å². The Bertz CT molecular complexity index is 1210. The fourth-order valence-corrected chi connectivity index (χ4v) is 5.18. The highest BCUT2D eigenvalue weighted by atomic mass is 32.2. The molecule has 0 spiro atoms. The van der Waals surface area contributed by atoms with Crippen LogP contribution in [0.3, 0.4) is 0 Å². The van der Waals surface area contributed by atoms with Crippen molar-refractivity contribution in [2.75, 3.05) is 31.1 Å². The summed E-state index contributed by atoms with van der Waals surface area (Å²) in [6.45, 7) is 4.48. The maximum absolute atomic E-state index is 13.2. The number of anilines is 1. The van der Waals surface area contributed by atoms with Gasteiger partial charge in [-0.3, -0.25) is 4.79 Å². The van der Waals surface area contributed by atoms with Gasteiger partial charge in [-0.1, -0.05) is 5.16 Å². The van der Waals surface area contributed by atoms with Crippen molar-refractivity contribution < 1.29 is 17.3 Å². The van der Waals surface area contributed by atoms with Crippen LogP contribution in [0.1, 0.15) is 11.5 Å². The van der Waals surface area contributed by atoms with Gasteiger partial charge in [0.05, 0.1) is 5.69 Å². The van der Waals surface area contributed by atoms with Crippen LogP contribution < -0.4 is 10.5 Å². The molecule has 11 heteroatoms. The number of piperazine rings is 1. The zero-order valence-corrected chi connectivity index (χ0v) is 17.3. The third kappa shape index (κ3) is 3.61. The van der Waals surface area contributed by atoms with Gasteiger partial charge in [0.15, 0.2) is 5.76 Å². The van der Waals surface area contributed by atoms with Crippen LogP contribution in [0, 0.1) is 19.7 Å². The third-order valence-electron chi connectivity index (χ3n) is 4.99. The van der Waals surface area contributed by atoms with Crippen LogP contribution in [-0.2, 0) is 10.0 Å². The fourth-order valence-electron chi connectivity index (χ4n) is 3.47. The molecule has 0 saturated carbocycles. The topological polar surface area (TPSA) is 102 Å². The largest absolute Gasteiger partial charge is 0.360 e. The number of sulfonamides is 1. The highest BCUT2D eigenvalue weighted by molar-refractivity contribution is 7.89. The van der Waals surface area contributed by atoms with Crippen LogP contribution >= 0.6 is 0 Å². The highest BCUT2D eigenvalue weighted by Crippen LogP contribution is 2.25. The fraction of sp³-hybridized carbons (Fsp3) is 0.316. The van der Waals surface area contributed by atoms with Gasteiger partial charge in [0.25, 0.3) is 5.56 Å². The molecule has 1 fully saturated rings. The lowest BCUT2D eigenvalue weighted by Gasteiger charge is -2.34. The van der Waals surface area contributed by atoms with Gasteiger partial charge < -0.3 is 9.42 Å². The van der Waals surface area contributed by atoms with Crippen LogP contribution in [0.4, 0.5) is 10.2 Å². The molecule has 0 bridgehead atoms. The molecule has 4 rings (SSSR count). The molecule has 30 heavy (non-hydrogen) atoms. The summed E-state index contributed by atoms with van der Waals surface area (Å²) in [6.07, 6.45) is 0. The summed E-state index contributed by atoms with van der Waals surface area (Å²) >= 11 is 0. The maximum Gasteiger partial charge on any atom is 0.271 e. The van der Waals surface area contributed by atoms with E-state index in [-0.39, 0.29) is 29.3 Å². The summed E-state index contributed by atoms with van der Waals surface area (Å²) in [6, 6.07) is 8.45. The van der Waals surface area contributed by atoms with Crippen molar-refractivity contribution in [3.8, 4) is 5.69 Å². The first-order valence-electron chi connectivity index (χ1n) is 9.31. The predicted molar refractivity (Wildman–Crippen MR) is 107 cm³/mol. The monoisotopic (exact) mass is 433 g/mol. The molecule has 0 atom stereocenters. The Kier molecular flexibility index (Phi) is 5.16. The highest BCUT2D eigenvalue weighted by Gasteiger charge is 2.33. The quantitative estimate of drug-likeness (QED) is 0.614. The van der Waals surface area contributed by atoms with Crippen LogP contribution in [-0.4, -0.2) is 53.8 Å². The summed E-state index contributed by atoms with van der Waals surface area (Å²) in [7, 11) is -3.71. The minimum atomic E-state index is -3.71. The molecule has 0 radical (unpaired) electrons. The van der Waals surface area contributed by atoms with Crippen molar-refractivity contribution in [3.63, 3.8) is 0 Å². The minimum Gasteiger partial charge on any atom is -0.360 e. The molecule has 158 valence electrons. The second kappa shape index (κ2) is 7.65. The first kappa shape index (κ1) is 20.2. The van der Waals surface area contributed by atoms with Crippen molar-refractivity contribution in [1.82, 2.24) is 19.2 Å². The van der Waals surface area contributed by atoms with Crippen molar-refractivity contribution in [2.45, 2.75) is 18.7 Å². The van der Waals surface area contributed by atoms with Crippen LogP contribution in [0.25, 0.3) is 5.69 Å². The molecule has 9 nitrogen and oxygen atoms in total. The van der Waals surface area contributed by atoms with Crippen LogP contribution in [0.15, 0.2) is 50.6 Å². The molecule has 0 unspecified atom stereocenters. The number of nitrogens with zero attached hydrogens (tertiary/aromatic N) is 5. The van der Waals surface area contributed by atoms with Gasteiger partial charge in [0.1, 0.15) is 22.2 Å². The van der Waals surface area contributed by atoms with E-state index >= 15 is 0 Å². The van der Waals surface area contributed by atoms with E-state index in [9.17, 15) is 17.6 Å². The zero-order chi connectivity index (χ0) is 21.5. The molecule has 3 heterocycles. The second-order valence-electron chi connectivity index (χ2n) is 6.96. The number of benzene rings is 1. The second-order valence-corrected chi connectivity index (χ2v) is 8.84. The number of hydrogen-bond acceptors (Lipinski definition) is 7. The van der Waals surface area contributed by atoms with Crippen molar-refractivity contribution in [2.24, 2.45) is 0 Å².